The molecule has 0 aromatic carbocycles. The summed E-state index contributed by atoms with van der Waals surface area (Å²) in [6.07, 6.45) is 2.61. The van der Waals surface area contributed by atoms with Gasteiger partial charge in [-0.05, 0) is 63.3 Å². The van der Waals surface area contributed by atoms with Gasteiger partial charge in [0.25, 0.3) is 0 Å². The molecule has 0 amide bonds. The highest BCUT2D eigenvalue weighted by atomic mass is 79.9. The van der Waals surface area contributed by atoms with Crippen LogP contribution in [0.3, 0.4) is 0 Å². The van der Waals surface area contributed by atoms with E-state index in [4.69, 9.17) is 0 Å². The van der Waals surface area contributed by atoms with Crippen LogP contribution in [-0.2, 0) is 13.1 Å². The van der Waals surface area contributed by atoms with Gasteiger partial charge in [0.2, 0.25) is 0 Å². The Morgan fingerprint density at radius 3 is 2.79 bits per heavy atom. The lowest BCUT2D eigenvalue weighted by molar-refractivity contribution is 0.125. The number of aromatic nitrogens is 2. The molecule has 0 bridgehead atoms. The van der Waals surface area contributed by atoms with Crippen molar-refractivity contribution in [2.24, 2.45) is 0 Å². The standard InChI is InChI=1S/C14H25BrN4/c1-5-19-13(14(15)11(2)16-19)10-18-8-6-7-12(9-18)17(3)4/h12H,5-10H2,1-4H3. The summed E-state index contributed by atoms with van der Waals surface area (Å²) in [6, 6.07) is 0.687. The molecule has 0 spiro atoms. The summed E-state index contributed by atoms with van der Waals surface area (Å²) in [5.41, 5.74) is 2.41. The number of halogens is 1. The number of likely N-dealkylation sites (N-methyl/N-ethyl adjacent to an activating group) is 1. The van der Waals surface area contributed by atoms with E-state index < -0.39 is 0 Å². The van der Waals surface area contributed by atoms with E-state index in [1.54, 1.807) is 0 Å². The number of hydrogen-bond acceptors (Lipinski definition) is 3. The first-order valence-electron chi connectivity index (χ1n) is 7.13. The highest BCUT2D eigenvalue weighted by Gasteiger charge is 2.23. The average Bonchev–Trinajstić information content (AvgIpc) is 2.67. The molecule has 108 valence electrons. The summed E-state index contributed by atoms with van der Waals surface area (Å²) in [4.78, 5) is 4.91. The van der Waals surface area contributed by atoms with Gasteiger partial charge in [0.05, 0.1) is 15.9 Å². The Balaban J connectivity index is 2.08. The maximum absolute atomic E-state index is 4.58. The van der Waals surface area contributed by atoms with Crippen molar-refractivity contribution in [2.45, 2.75) is 45.8 Å². The van der Waals surface area contributed by atoms with Crippen LogP contribution in [0.1, 0.15) is 31.2 Å². The smallest absolute Gasteiger partial charge is 0.0739 e. The van der Waals surface area contributed by atoms with Gasteiger partial charge in [-0.25, -0.2) is 0 Å². The van der Waals surface area contributed by atoms with Gasteiger partial charge in [-0.3, -0.25) is 9.58 Å². The first-order valence-corrected chi connectivity index (χ1v) is 7.92. The van der Waals surface area contributed by atoms with E-state index in [1.807, 2.05) is 0 Å². The normalized spacial score (nSPS) is 21.3. The third kappa shape index (κ3) is 3.38. The lowest BCUT2D eigenvalue weighted by Crippen LogP contribution is -2.44. The van der Waals surface area contributed by atoms with Crippen LogP contribution in [-0.4, -0.2) is 52.8 Å². The fourth-order valence-corrected chi connectivity index (χ4v) is 3.24. The van der Waals surface area contributed by atoms with Crippen LogP contribution in [0, 0.1) is 6.92 Å². The number of likely N-dealkylation sites (tertiary alicyclic amines) is 1. The zero-order valence-corrected chi connectivity index (χ0v) is 14.1. The van der Waals surface area contributed by atoms with Crippen molar-refractivity contribution in [3.8, 4) is 0 Å². The summed E-state index contributed by atoms with van der Waals surface area (Å²) in [7, 11) is 4.37. The molecule has 4 nitrogen and oxygen atoms in total. The second-order valence-electron chi connectivity index (χ2n) is 5.66. The Hall–Kier alpha value is -0.390. The van der Waals surface area contributed by atoms with Gasteiger partial charge >= 0.3 is 0 Å². The largest absolute Gasteiger partial charge is 0.305 e. The molecule has 0 saturated carbocycles. The molecule has 0 radical (unpaired) electrons. The number of aryl methyl sites for hydroxylation is 2. The Morgan fingerprint density at radius 2 is 2.16 bits per heavy atom. The van der Waals surface area contributed by atoms with E-state index in [1.165, 1.54) is 29.6 Å². The Bertz CT molecular complexity index is 427. The van der Waals surface area contributed by atoms with Crippen LogP contribution in [0.2, 0.25) is 0 Å². The Kier molecular flexibility index (Phi) is 5.03. The quantitative estimate of drug-likeness (QED) is 0.848. The molecule has 1 unspecified atom stereocenters. The Morgan fingerprint density at radius 1 is 1.42 bits per heavy atom. The minimum absolute atomic E-state index is 0.687. The van der Waals surface area contributed by atoms with Gasteiger partial charge in [0.15, 0.2) is 0 Å². The molecule has 1 saturated heterocycles. The summed E-state index contributed by atoms with van der Waals surface area (Å²) in [5.74, 6) is 0. The summed E-state index contributed by atoms with van der Waals surface area (Å²) >= 11 is 3.69. The van der Waals surface area contributed by atoms with Crippen molar-refractivity contribution < 1.29 is 0 Å². The third-order valence-electron chi connectivity index (χ3n) is 4.04. The number of piperidine rings is 1. The fraction of sp³-hybridized carbons (Fsp3) is 0.786. The summed E-state index contributed by atoms with van der Waals surface area (Å²) in [5, 5.41) is 4.58. The van der Waals surface area contributed by atoms with Crippen LogP contribution in [0.25, 0.3) is 0 Å². The van der Waals surface area contributed by atoms with Crippen LogP contribution in [0.5, 0.6) is 0 Å². The van der Waals surface area contributed by atoms with Crippen molar-refractivity contribution in [1.29, 1.82) is 0 Å². The monoisotopic (exact) mass is 328 g/mol. The summed E-state index contributed by atoms with van der Waals surface area (Å²) in [6.45, 7) is 8.52. The first-order chi connectivity index (χ1) is 9.02. The molecule has 0 aliphatic carbocycles. The van der Waals surface area contributed by atoms with Crippen molar-refractivity contribution >= 4 is 15.9 Å². The molecular weight excluding hydrogens is 304 g/mol. The van der Waals surface area contributed by atoms with Crippen LogP contribution in [0.4, 0.5) is 0 Å². The Labute approximate surface area is 124 Å². The number of rotatable bonds is 4. The molecule has 1 aliphatic rings. The second-order valence-corrected chi connectivity index (χ2v) is 6.45. The van der Waals surface area contributed by atoms with E-state index in [9.17, 15) is 0 Å². The minimum Gasteiger partial charge on any atom is -0.305 e. The predicted molar refractivity (Wildman–Crippen MR) is 82.3 cm³/mol. The molecule has 2 rings (SSSR count). The van der Waals surface area contributed by atoms with Crippen molar-refractivity contribution in [3.63, 3.8) is 0 Å². The minimum atomic E-state index is 0.687. The van der Waals surface area contributed by atoms with E-state index in [0.29, 0.717) is 6.04 Å². The summed E-state index contributed by atoms with van der Waals surface area (Å²) < 4.78 is 3.31. The van der Waals surface area contributed by atoms with Gasteiger partial charge in [-0.1, -0.05) is 0 Å². The van der Waals surface area contributed by atoms with Crippen molar-refractivity contribution in [3.05, 3.63) is 15.9 Å². The first kappa shape index (κ1) is 15.0. The zero-order chi connectivity index (χ0) is 14.0. The van der Waals surface area contributed by atoms with Gasteiger partial charge < -0.3 is 4.90 Å². The van der Waals surface area contributed by atoms with Crippen LogP contribution >= 0.6 is 15.9 Å². The van der Waals surface area contributed by atoms with E-state index >= 15 is 0 Å². The van der Waals surface area contributed by atoms with E-state index in [0.717, 1.165) is 25.3 Å². The third-order valence-corrected chi connectivity index (χ3v) is 5.07. The highest BCUT2D eigenvalue weighted by molar-refractivity contribution is 9.10. The lowest BCUT2D eigenvalue weighted by atomic mass is 10.0. The molecule has 5 heteroatoms. The predicted octanol–water partition coefficient (Wildman–Crippen LogP) is 2.50. The maximum Gasteiger partial charge on any atom is 0.0739 e. The number of nitrogens with zero attached hydrogens (tertiary/aromatic N) is 4. The molecule has 1 aromatic rings. The van der Waals surface area contributed by atoms with Gasteiger partial charge in [0, 0.05) is 25.7 Å². The molecule has 0 N–H and O–H groups in total. The van der Waals surface area contributed by atoms with Crippen molar-refractivity contribution in [1.82, 2.24) is 19.6 Å². The SMILES string of the molecule is CCn1nc(C)c(Br)c1CN1CCCC(N(C)C)C1. The highest BCUT2D eigenvalue weighted by Crippen LogP contribution is 2.24. The molecule has 1 aliphatic heterocycles. The average molecular weight is 329 g/mol. The molecule has 1 atom stereocenters. The van der Waals surface area contributed by atoms with Gasteiger partial charge in [0.1, 0.15) is 0 Å². The van der Waals surface area contributed by atoms with Crippen molar-refractivity contribution in [2.75, 3.05) is 27.2 Å². The molecule has 2 heterocycles. The lowest BCUT2D eigenvalue weighted by Gasteiger charge is -2.36. The van der Waals surface area contributed by atoms with Gasteiger partial charge in [-0.15, -0.1) is 0 Å². The molecule has 1 aromatic heterocycles. The second kappa shape index (κ2) is 6.37. The molecular formula is C14H25BrN4. The number of hydrogen-bond donors (Lipinski definition) is 0. The zero-order valence-electron chi connectivity index (χ0n) is 12.5. The van der Waals surface area contributed by atoms with E-state index in [2.05, 4.69) is 63.5 Å². The van der Waals surface area contributed by atoms with Gasteiger partial charge in [-0.2, -0.15) is 5.10 Å². The van der Waals surface area contributed by atoms with Crippen LogP contribution in [0.15, 0.2) is 4.47 Å². The van der Waals surface area contributed by atoms with Crippen LogP contribution < -0.4 is 0 Å². The van der Waals surface area contributed by atoms with E-state index in [-0.39, 0.29) is 0 Å². The molecule has 19 heavy (non-hydrogen) atoms. The fourth-order valence-electron chi connectivity index (χ4n) is 2.83. The maximum atomic E-state index is 4.58. The topological polar surface area (TPSA) is 24.3 Å². The molecule has 1 fully saturated rings.